The summed E-state index contributed by atoms with van der Waals surface area (Å²) < 4.78 is 43.1. The molecular weight excluding hydrogens is 432 g/mol. The minimum atomic E-state index is -4.74. The summed E-state index contributed by atoms with van der Waals surface area (Å²) in [6.45, 7) is 4.06. The molecule has 2 aromatic carbocycles. The van der Waals surface area contributed by atoms with Gasteiger partial charge in [-0.1, -0.05) is 54.9 Å². The van der Waals surface area contributed by atoms with Gasteiger partial charge in [0.1, 0.15) is 5.75 Å². The van der Waals surface area contributed by atoms with Crippen LogP contribution < -0.4 is 4.74 Å². The van der Waals surface area contributed by atoms with E-state index in [-0.39, 0.29) is 11.0 Å². The number of hydrogen-bond donors (Lipinski definition) is 0. The van der Waals surface area contributed by atoms with Gasteiger partial charge in [0.05, 0.1) is 21.9 Å². The van der Waals surface area contributed by atoms with Crippen LogP contribution in [-0.4, -0.2) is 21.2 Å². The first-order valence-electron chi connectivity index (χ1n) is 8.20. The van der Waals surface area contributed by atoms with Crippen LogP contribution in [0.4, 0.5) is 13.2 Å². The van der Waals surface area contributed by atoms with Crippen LogP contribution in [0, 0.1) is 0 Å². The second-order valence-electron chi connectivity index (χ2n) is 6.10. The molecule has 3 rings (SSSR count). The molecule has 0 atom stereocenters. The SMILES string of the molecule is CC(C)Sc1ncc(-c2ccc(Cl)c(Cl)c2)n1-c1ccc(OC(F)(F)F)cc1. The Hall–Kier alpha value is -1.83. The molecule has 9 heteroatoms. The zero-order chi connectivity index (χ0) is 20.5. The molecule has 148 valence electrons. The molecule has 0 aliphatic heterocycles. The van der Waals surface area contributed by atoms with Crippen LogP contribution in [0.15, 0.2) is 53.8 Å². The Morgan fingerprint density at radius 2 is 1.71 bits per heavy atom. The number of thioether (sulfide) groups is 1. The molecule has 0 aliphatic rings. The molecule has 0 bridgehead atoms. The molecule has 0 N–H and O–H groups in total. The van der Waals surface area contributed by atoms with Gasteiger partial charge >= 0.3 is 6.36 Å². The van der Waals surface area contributed by atoms with E-state index >= 15 is 0 Å². The fourth-order valence-electron chi connectivity index (χ4n) is 2.53. The summed E-state index contributed by atoms with van der Waals surface area (Å²) in [5.41, 5.74) is 2.18. The fraction of sp³-hybridized carbons (Fsp3) is 0.211. The van der Waals surface area contributed by atoms with Gasteiger partial charge in [-0.3, -0.25) is 4.57 Å². The highest BCUT2D eigenvalue weighted by Crippen LogP contribution is 2.35. The Labute approximate surface area is 174 Å². The lowest BCUT2D eigenvalue weighted by atomic mass is 10.1. The highest BCUT2D eigenvalue weighted by Gasteiger charge is 2.31. The topological polar surface area (TPSA) is 27.1 Å². The normalized spacial score (nSPS) is 11.9. The van der Waals surface area contributed by atoms with Crippen molar-refractivity contribution in [1.82, 2.24) is 9.55 Å². The van der Waals surface area contributed by atoms with E-state index in [2.05, 4.69) is 9.72 Å². The average molecular weight is 447 g/mol. The van der Waals surface area contributed by atoms with Crippen molar-refractivity contribution in [3.05, 3.63) is 58.7 Å². The van der Waals surface area contributed by atoms with E-state index < -0.39 is 6.36 Å². The quantitative estimate of drug-likeness (QED) is 0.386. The zero-order valence-corrected chi connectivity index (χ0v) is 17.1. The summed E-state index contributed by atoms with van der Waals surface area (Å²) in [5.74, 6) is -0.287. The van der Waals surface area contributed by atoms with Gasteiger partial charge in [-0.2, -0.15) is 0 Å². The van der Waals surface area contributed by atoms with E-state index in [1.807, 2.05) is 24.5 Å². The van der Waals surface area contributed by atoms with E-state index in [0.717, 1.165) is 11.3 Å². The summed E-state index contributed by atoms with van der Waals surface area (Å²) in [7, 11) is 0. The minimum Gasteiger partial charge on any atom is -0.406 e. The first kappa shape index (κ1) is 20.9. The van der Waals surface area contributed by atoms with Gasteiger partial charge in [-0.25, -0.2) is 4.98 Å². The van der Waals surface area contributed by atoms with Gasteiger partial charge in [0.15, 0.2) is 5.16 Å². The lowest BCUT2D eigenvalue weighted by Gasteiger charge is -2.15. The Morgan fingerprint density at radius 3 is 2.29 bits per heavy atom. The van der Waals surface area contributed by atoms with Crippen LogP contribution in [0.1, 0.15) is 13.8 Å². The predicted molar refractivity (Wildman–Crippen MR) is 107 cm³/mol. The third-order valence-corrected chi connectivity index (χ3v) is 5.32. The van der Waals surface area contributed by atoms with Gasteiger partial charge in [0.2, 0.25) is 0 Å². The molecule has 0 radical (unpaired) electrons. The standard InChI is InChI=1S/C19H15Cl2F3N2OS/c1-11(2)28-18-25-10-17(12-3-8-15(20)16(21)9-12)26(18)13-4-6-14(7-5-13)27-19(22,23)24/h3-11H,1-2H3. The molecule has 0 amide bonds. The van der Waals surface area contributed by atoms with Gasteiger partial charge in [0, 0.05) is 16.5 Å². The molecular formula is C19H15Cl2F3N2OS. The smallest absolute Gasteiger partial charge is 0.406 e. The highest BCUT2D eigenvalue weighted by atomic mass is 35.5. The van der Waals surface area contributed by atoms with Crippen LogP contribution in [0.5, 0.6) is 5.75 Å². The fourth-order valence-corrected chi connectivity index (χ4v) is 3.68. The lowest BCUT2D eigenvalue weighted by Crippen LogP contribution is -2.17. The molecule has 0 fully saturated rings. The van der Waals surface area contributed by atoms with Crippen molar-refractivity contribution in [3.63, 3.8) is 0 Å². The number of alkyl halides is 3. The summed E-state index contributed by atoms with van der Waals surface area (Å²) in [4.78, 5) is 4.48. The van der Waals surface area contributed by atoms with Crippen molar-refractivity contribution in [2.45, 2.75) is 30.6 Å². The van der Waals surface area contributed by atoms with E-state index in [0.29, 0.717) is 20.9 Å². The molecule has 0 saturated carbocycles. The van der Waals surface area contributed by atoms with Gasteiger partial charge in [0.25, 0.3) is 0 Å². The zero-order valence-electron chi connectivity index (χ0n) is 14.8. The minimum absolute atomic E-state index is 0.260. The van der Waals surface area contributed by atoms with Crippen molar-refractivity contribution >= 4 is 35.0 Å². The monoisotopic (exact) mass is 446 g/mol. The van der Waals surface area contributed by atoms with Crippen molar-refractivity contribution in [2.75, 3.05) is 0 Å². The average Bonchev–Trinajstić information content (AvgIpc) is 2.99. The van der Waals surface area contributed by atoms with Crippen LogP contribution in [0.25, 0.3) is 16.9 Å². The molecule has 28 heavy (non-hydrogen) atoms. The van der Waals surface area contributed by atoms with Crippen LogP contribution in [-0.2, 0) is 0 Å². The van der Waals surface area contributed by atoms with Crippen LogP contribution >= 0.6 is 35.0 Å². The van der Waals surface area contributed by atoms with Crippen molar-refractivity contribution in [3.8, 4) is 22.7 Å². The Balaban J connectivity index is 2.07. The molecule has 0 aliphatic carbocycles. The largest absolute Gasteiger partial charge is 0.573 e. The van der Waals surface area contributed by atoms with Gasteiger partial charge in [-0.15, -0.1) is 13.2 Å². The summed E-state index contributed by atoms with van der Waals surface area (Å²) >= 11 is 13.7. The molecule has 1 heterocycles. The van der Waals surface area contributed by atoms with E-state index in [1.54, 1.807) is 30.5 Å². The highest BCUT2D eigenvalue weighted by molar-refractivity contribution is 7.99. The maximum atomic E-state index is 12.4. The summed E-state index contributed by atoms with van der Waals surface area (Å²) in [5, 5.41) is 1.80. The Bertz CT molecular complexity index is 972. The number of ether oxygens (including phenoxy) is 1. The Kier molecular flexibility index (Phi) is 6.17. The second kappa shape index (κ2) is 8.27. The van der Waals surface area contributed by atoms with Gasteiger partial charge < -0.3 is 4.74 Å². The molecule has 1 aromatic heterocycles. The summed E-state index contributed by atoms with van der Waals surface area (Å²) in [6.07, 6.45) is -3.04. The number of aromatic nitrogens is 2. The molecule has 0 unspecified atom stereocenters. The van der Waals surface area contributed by atoms with Crippen LogP contribution in [0.3, 0.4) is 0 Å². The van der Waals surface area contributed by atoms with E-state index in [1.165, 1.54) is 23.9 Å². The van der Waals surface area contributed by atoms with Crippen molar-refractivity contribution in [2.24, 2.45) is 0 Å². The molecule has 3 nitrogen and oxygen atoms in total. The number of hydrogen-bond acceptors (Lipinski definition) is 3. The molecule has 3 aromatic rings. The van der Waals surface area contributed by atoms with Gasteiger partial charge in [-0.05, 0) is 36.4 Å². The third-order valence-electron chi connectivity index (χ3n) is 3.61. The van der Waals surface area contributed by atoms with E-state index in [9.17, 15) is 13.2 Å². The molecule has 0 spiro atoms. The Morgan fingerprint density at radius 1 is 1.04 bits per heavy atom. The predicted octanol–water partition coefficient (Wildman–Crippen LogP) is 7.25. The number of rotatable bonds is 5. The second-order valence-corrected chi connectivity index (χ2v) is 8.46. The lowest BCUT2D eigenvalue weighted by molar-refractivity contribution is -0.274. The van der Waals surface area contributed by atoms with Crippen LogP contribution in [0.2, 0.25) is 10.0 Å². The van der Waals surface area contributed by atoms with Crippen molar-refractivity contribution in [1.29, 1.82) is 0 Å². The molecule has 0 saturated heterocycles. The number of nitrogens with zero attached hydrogens (tertiary/aromatic N) is 2. The maximum absolute atomic E-state index is 12.4. The van der Waals surface area contributed by atoms with E-state index in [4.69, 9.17) is 23.2 Å². The first-order valence-corrected chi connectivity index (χ1v) is 9.83. The third kappa shape index (κ3) is 4.96. The van der Waals surface area contributed by atoms with Crippen molar-refractivity contribution < 1.29 is 17.9 Å². The summed E-state index contributed by atoms with van der Waals surface area (Å²) in [6, 6.07) is 10.9. The first-order chi connectivity index (χ1) is 13.1. The number of imidazole rings is 1. The number of benzene rings is 2. The number of halogens is 5. The maximum Gasteiger partial charge on any atom is 0.573 e.